The van der Waals surface area contributed by atoms with Crippen LogP contribution in [0.1, 0.15) is 59.8 Å². The van der Waals surface area contributed by atoms with Crippen LogP contribution >= 0.6 is 0 Å². The van der Waals surface area contributed by atoms with Gasteiger partial charge in [-0.05, 0) is 39.5 Å². The van der Waals surface area contributed by atoms with E-state index >= 15 is 0 Å². The molecule has 0 aromatic rings. The van der Waals surface area contributed by atoms with Crippen LogP contribution < -0.4 is 0 Å². The summed E-state index contributed by atoms with van der Waals surface area (Å²) in [5, 5.41) is 0. The average molecular weight is 395 g/mol. The van der Waals surface area contributed by atoms with Crippen LogP contribution in [0, 0.1) is 17.3 Å². The smallest absolute Gasteiger partial charge is 0.312 e. The Kier molecular flexibility index (Phi) is 6.50. The van der Waals surface area contributed by atoms with E-state index < -0.39 is 5.41 Å². The molecule has 1 heterocycles. The number of rotatable bonds is 8. The van der Waals surface area contributed by atoms with E-state index in [1.54, 1.807) is 0 Å². The molecule has 0 radical (unpaired) electrons. The fourth-order valence-corrected chi connectivity index (χ4v) is 4.04. The minimum atomic E-state index is -0.428. The predicted molar refractivity (Wildman–Crippen MR) is 104 cm³/mol. The highest BCUT2D eigenvalue weighted by molar-refractivity contribution is 5.75. The topological polar surface area (TPSA) is 74.4 Å². The first-order chi connectivity index (χ1) is 13.2. The summed E-state index contributed by atoms with van der Waals surface area (Å²) in [7, 11) is 0. The van der Waals surface area contributed by atoms with Gasteiger partial charge in [-0.3, -0.25) is 9.59 Å². The quantitative estimate of drug-likeness (QED) is 0.357. The summed E-state index contributed by atoms with van der Waals surface area (Å²) in [6.07, 6.45) is 8.39. The van der Waals surface area contributed by atoms with E-state index in [1.807, 2.05) is 39.8 Å². The molecule has 2 fully saturated rings. The van der Waals surface area contributed by atoms with Gasteiger partial charge in [-0.2, -0.15) is 0 Å². The minimum absolute atomic E-state index is 0.0936. The summed E-state index contributed by atoms with van der Waals surface area (Å²) in [6.45, 7) is 9.01. The molecule has 28 heavy (non-hydrogen) atoms. The standard InChI is InChI=1S/C22H34O6/c1-5-25-17-8-6-7-15(11-17)19(23)26-13-21(2,3)14-27-20(24)16-9-10-22(4)18(12-16)28-22/h9-10,15-18H,5-8,11-14H2,1-4H3. The van der Waals surface area contributed by atoms with Crippen LogP contribution in [0.3, 0.4) is 0 Å². The monoisotopic (exact) mass is 394 g/mol. The largest absolute Gasteiger partial charge is 0.465 e. The number of ether oxygens (including phenoxy) is 4. The zero-order chi connectivity index (χ0) is 20.4. The summed E-state index contributed by atoms with van der Waals surface area (Å²) in [5.74, 6) is -0.746. The van der Waals surface area contributed by atoms with E-state index in [-0.39, 0.29) is 54.8 Å². The summed E-state index contributed by atoms with van der Waals surface area (Å²) < 4.78 is 22.3. The molecular weight excluding hydrogens is 360 g/mol. The summed E-state index contributed by atoms with van der Waals surface area (Å²) in [5.41, 5.74) is -0.604. The van der Waals surface area contributed by atoms with Crippen molar-refractivity contribution in [2.45, 2.75) is 77.6 Å². The highest BCUT2D eigenvalue weighted by Gasteiger charge is 2.53. The predicted octanol–water partition coefficient (Wildman–Crippen LogP) is 3.43. The van der Waals surface area contributed by atoms with Gasteiger partial charge >= 0.3 is 11.9 Å². The zero-order valence-electron chi connectivity index (χ0n) is 17.6. The molecule has 5 atom stereocenters. The molecule has 158 valence electrons. The third-order valence-corrected chi connectivity index (χ3v) is 5.98. The molecule has 1 saturated carbocycles. The molecule has 0 spiro atoms. The van der Waals surface area contributed by atoms with Crippen molar-refractivity contribution in [3.05, 3.63) is 12.2 Å². The van der Waals surface area contributed by atoms with Crippen LogP contribution in [-0.2, 0) is 28.5 Å². The number of carbonyl (C=O) groups excluding carboxylic acids is 2. The van der Waals surface area contributed by atoms with E-state index in [1.165, 1.54) is 0 Å². The van der Waals surface area contributed by atoms with Gasteiger partial charge in [0.1, 0.15) is 5.60 Å². The van der Waals surface area contributed by atoms with Gasteiger partial charge in [-0.15, -0.1) is 0 Å². The normalized spacial score (nSPS) is 34.4. The summed E-state index contributed by atoms with van der Waals surface area (Å²) >= 11 is 0. The third-order valence-electron chi connectivity index (χ3n) is 5.98. The van der Waals surface area contributed by atoms with E-state index in [9.17, 15) is 9.59 Å². The lowest BCUT2D eigenvalue weighted by Crippen LogP contribution is -2.34. The highest BCUT2D eigenvalue weighted by Crippen LogP contribution is 2.45. The van der Waals surface area contributed by atoms with Gasteiger partial charge in [-0.1, -0.05) is 32.4 Å². The fourth-order valence-electron chi connectivity index (χ4n) is 4.04. The van der Waals surface area contributed by atoms with E-state index in [2.05, 4.69) is 0 Å². The van der Waals surface area contributed by atoms with Crippen LogP contribution in [0.2, 0.25) is 0 Å². The molecule has 3 rings (SSSR count). The summed E-state index contributed by atoms with van der Waals surface area (Å²) in [6, 6.07) is 0. The van der Waals surface area contributed by atoms with Crippen molar-refractivity contribution >= 4 is 11.9 Å². The van der Waals surface area contributed by atoms with Crippen molar-refractivity contribution in [3.63, 3.8) is 0 Å². The van der Waals surface area contributed by atoms with Crippen LogP contribution in [0.25, 0.3) is 0 Å². The van der Waals surface area contributed by atoms with Gasteiger partial charge in [0.25, 0.3) is 0 Å². The molecule has 5 unspecified atom stereocenters. The molecule has 1 saturated heterocycles. The van der Waals surface area contributed by atoms with Gasteiger partial charge in [0.2, 0.25) is 0 Å². The molecule has 6 heteroatoms. The van der Waals surface area contributed by atoms with Gasteiger partial charge in [0.15, 0.2) is 0 Å². The second-order valence-corrected chi connectivity index (χ2v) is 9.31. The number of hydrogen-bond donors (Lipinski definition) is 0. The maximum Gasteiger partial charge on any atom is 0.312 e. The molecular formula is C22H34O6. The number of epoxide rings is 1. The van der Waals surface area contributed by atoms with Crippen molar-refractivity contribution in [3.8, 4) is 0 Å². The van der Waals surface area contributed by atoms with Gasteiger partial charge in [0.05, 0.1) is 37.3 Å². The molecule has 0 aromatic heterocycles. The van der Waals surface area contributed by atoms with Gasteiger partial charge < -0.3 is 18.9 Å². The first kappa shape index (κ1) is 21.3. The van der Waals surface area contributed by atoms with E-state index in [0.29, 0.717) is 13.0 Å². The Bertz CT molecular complexity index is 610. The molecule has 6 nitrogen and oxygen atoms in total. The second kappa shape index (κ2) is 8.54. The Morgan fingerprint density at radius 3 is 2.54 bits per heavy atom. The molecule has 0 N–H and O–H groups in total. The Labute approximate surface area is 167 Å². The molecule has 1 aliphatic heterocycles. The lowest BCUT2D eigenvalue weighted by Gasteiger charge is -2.29. The van der Waals surface area contributed by atoms with Crippen molar-refractivity contribution < 1.29 is 28.5 Å². The first-order valence-electron chi connectivity index (χ1n) is 10.5. The lowest BCUT2D eigenvalue weighted by molar-refractivity contribution is -0.159. The Balaban J connectivity index is 1.39. The van der Waals surface area contributed by atoms with Crippen LogP contribution in [0.5, 0.6) is 0 Å². The van der Waals surface area contributed by atoms with Gasteiger partial charge in [0, 0.05) is 12.0 Å². The van der Waals surface area contributed by atoms with Crippen LogP contribution in [-0.4, -0.2) is 49.6 Å². The van der Waals surface area contributed by atoms with Gasteiger partial charge in [-0.25, -0.2) is 0 Å². The molecule has 2 aliphatic carbocycles. The average Bonchev–Trinajstić information content (AvgIpc) is 3.35. The zero-order valence-corrected chi connectivity index (χ0v) is 17.6. The van der Waals surface area contributed by atoms with Crippen molar-refractivity contribution in [1.29, 1.82) is 0 Å². The molecule has 3 aliphatic rings. The minimum Gasteiger partial charge on any atom is -0.465 e. The Morgan fingerprint density at radius 1 is 1.14 bits per heavy atom. The third kappa shape index (κ3) is 5.35. The van der Waals surface area contributed by atoms with E-state index in [0.717, 1.165) is 25.7 Å². The van der Waals surface area contributed by atoms with Crippen molar-refractivity contribution in [2.75, 3.05) is 19.8 Å². The number of esters is 2. The maximum atomic E-state index is 12.4. The maximum absolute atomic E-state index is 12.4. The number of fused-ring (bicyclic) bond motifs is 1. The first-order valence-corrected chi connectivity index (χ1v) is 10.5. The lowest BCUT2D eigenvalue weighted by atomic mass is 9.87. The van der Waals surface area contributed by atoms with Crippen LogP contribution in [0.4, 0.5) is 0 Å². The number of carbonyl (C=O) groups is 2. The van der Waals surface area contributed by atoms with Crippen LogP contribution in [0.15, 0.2) is 12.2 Å². The SMILES string of the molecule is CCOC1CCCC(C(=O)OCC(C)(C)COC(=O)C2C=CC3(C)OC3C2)C1. The Morgan fingerprint density at radius 2 is 1.86 bits per heavy atom. The summed E-state index contributed by atoms with van der Waals surface area (Å²) in [4.78, 5) is 24.8. The molecule has 0 amide bonds. The Hall–Kier alpha value is -1.40. The van der Waals surface area contributed by atoms with E-state index in [4.69, 9.17) is 18.9 Å². The van der Waals surface area contributed by atoms with Crippen molar-refractivity contribution in [2.24, 2.45) is 17.3 Å². The fraction of sp³-hybridized carbons (Fsp3) is 0.818. The second-order valence-electron chi connectivity index (χ2n) is 9.31. The molecule has 0 aromatic carbocycles. The van der Waals surface area contributed by atoms with Crippen molar-refractivity contribution in [1.82, 2.24) is 0 Å². The highest BCUT2D eigenvalue weighted by atomic mass is 16.6. The molecule has 0 bridgehead atoms. The number of hydrogen-bond acceptors (Lipinski definition) is 6.